The van der Waals surface area contributed by atoms with Gasteiger partial charge in [-0.15, -0.1) is 0 Å². The van der Waals surface area contributed by atoms with Crippen LogP contribution in [0, 0.1) is 6.92 Å². The summed E-state index contributed by atoms with van der Waals surface area (Å²) in [6, 6.07) is 14.2. The van der Waals surface area contributed by atoms with Gasteiger partial charge in [0.25, 0.3) is 0 Å². The van der Waals surface area contributed by atoms with Crippen LogP contribution < -0.4 is 20.1 Å². The molecule has 30 heavy (non-hydrogen) atoms. The van der Waals surface area contributed by atoms with E-state index in [0.717, 1.165) is 65.9 Å². The first-order chi connectivity index (χ1) is 14.7. The van der Waals surface area contributed by atoms with E-state index in [-0.39, 0.29) is 0 Å². The molecule has 3 rings (SSSR count). The number of benzene rings is 2. The van der Waals surface area contributed by atoms with Gasteiger partial charge in [0.1, 0.15) is 5.82 Å². The van der Waals surface area contributed by atoms with Crippen LogP contribution in [0.1, 0.15) is 18.3 Å². The minimum absolute atomic E-state index is 0.678. The van der Waals surface area contributed by atoms with Crippen LogP contribution in [0.4, 0.5) is 0 Å². The number of aromatic nitrogens is 2. The van der Waals surface area contributed by atoms with Gasteiger partial charge in [-0.3, -0.25) is 4.99 Å². The minimum Gasteiger partial charge on any atom is -0.493 e. The number of methoxy groups -OCH3 is 2. The van der Waals surface area contributed by atoms with Crippen molar-refractivity contribution < 1.29 is 9.47 Å². The third-order valence-corrected chi connectivity index (χ3v) is 4.94. The van der Waals surface area contributed by atoms with Crippen LogP contribution in [-0.4, -0.2) is 49.4 Å². The van der Waals surface area contributed by atoms with Crippen molar-refractivity contribution in [2.24, 2.45) is 4.99 Å². The maximum Gasteiger partial charge on any atom is 0.191 e. The molecule has 2 aromatic carbocycles. The van der Waals surface area contributed by atoms with Gasteiger partial charge in [0.05, 0.1) is 25.3 Å². The summed E-state index contributed by atoms with van der Waals surface area (Å²) in [5.74, 6) is 3.32. The topological polar surface area (TPSA) is 72.7 Å². The van der Waals surface area contributed by atoms with Crippen molar-refractivity contribution in [3.63, 3.8) is 0 Å². The van der Waals surface area contributed by atoms with Gasteiger partial charge >= 0.3 is 0 Å². The number of fused-ring (bicyclic) bond motifs is 1. The quantitative estimate of drug-likeness (QED) is 0.420. The van der Waals surface area contributed by atoms with Gasteiger partial charge in [0.15, 0.2) is 17.5 Å². The summed E-state index contributed by atoms with van der Waals surface area (Å²) in [7, 11) is 3.29. The number of rotatable bonds is 9. The second-order valence-electron chi connectivity index (χ2n) is 6.93. The smallest absolute Gasteiger partial charge is 0.191 e. The summed E-state index contributed by atoms with van der Waals surface area (Å²) in [5, 5.41) is 6.73. The largest absolute Gasteiger partial charge is 0.493 e. The molecule has 0 unspecified atom stereocenters. The van der Waals surface area contributed by atoms with Gasteiger partial charge in [-0.2, -0.15) is 0 Å². The lowest BCUT2D eigenvalue weighted by atomic mass is 10.1. The Labute approximate surface area is 178 Å². The van der Waals surface area contributed by atoms with Crippen LogP contribution in [0.15, 0.2) is 47.5 Å². The fraction of sp³-hybridized carbons (Fsp3) is 0.391. The van der Waals surface area contributed by atoms with E-state index < -0.39 is 0 Å². The zero-order valence-corrected chi connectivity index (χ0v) is 18.2. The van der Waals surface area contributed by atoms with Crippen molar-refractivity contribution in [3.8, 4) is 11.5 Å². The van der Waals surface area contributed by atoms with E-state index in [2.05, 4.69) is 33.2 Å². The SMILES string of the molecule is CCNC(=NCCc1ccc(OC)c(OC)c1)NCCn1c(C)nc2ccccc21. The van der Waals surface area contributed by atoms with Crippen LogP contribution in [0.25, 0.3) is 11.0 Å². The summed E-state index contributed by atoms with van der Waals surface area (Å²) in [6.07, 6.45) is 0.822. The number of hydrogen-bond donors (Lipinski definition) is 2. The molecule has 0 bridgehead atoms. The van der Waals surface area contributed by atoms with Gasteiger partial charge in [-0.1, -0.05) is 18.2 Å². The summed E-state index contributed by atoms with van der Waals surface area (Å²) >= 11 is 0. The average molecular weight is 410 g/mol. The number of guanidine groups is 1. The highest BCUT2D eigenvalue weighted by Gasteiger charge is 2.07. The lowest BCUT2D eigenvalue weighted by molar-refractivity contribution is 0.354. The van der Waals surface area contributed by atoms with Crippen LogP contribution >= 0.6 is 0 Å². The Morgan fingerprint density at radius 3 is 2.63 bits per heavy atom. The first kappa shape index (κ1) is 21.5. The number of aryl methyl sites for hydroxylation is 1. The van der Waals surface area contributed by atoms with E-state index in [9.17, 15) is 0 Å². The Kier molecular flexibility index (Phi) is 7.54. The van der Waals surface area contributed by atoms with Gasteiger partial charge in [0.2, 0.25) is 0 Å². The normalized spacial score (nSPS) is 11.5. The van der Waals surface area contributed by atoms with Gasteiger partial charge in [0, 0.05) is 26.2 Å². The number of nitrogens with zero attached hydrogens (tertiary/aromatic N) is 3. The molecule has 0 saturated heterocycles. The molecule has 3 aromatic rings. The zero-order chi connectivity index (χ0) is 21.3. The van der Waals surface area contributed by atoms with E-state index in [1.54, 1.807) is 14.2 Å². The van der Waals surface area contributed by atoms with E-state index in [1.165, 1.54) is 0 Å². The van der Waals surface area contributed by atoms with Crippen LogP contribution in [0.3, 0.4) is 0 Å². The lowest BCUT2D eigenvalue weighted by Gasteiger charge is -2.13. The maximum atomic E-state index is 5.38. The highest BCUT2D eigenvalue weighted by atomic mass is 16.5. The number of para-hydroxylation sites is 2. The van der Waals surface area contributed by atoms with Crippen LogP contribution in [0.5, 0.6) is 11.5 Å². The maximum absolute atomic E-state index is 5.38. The van der Waals surface area contributed by atoms with Crippen molar-refractivity contribution in [2.75, 3.05) is 33.9 Å². The molecule has 0 spiro atoms. The molecule has 0 aliphatic rings. The average Bonchev–Trinajstić information content (AvgIpc) is 3.08. The monoisotopic (exact) mass is 409 g/mol. The van der Waals surface area contributed by atoms with Crippen LogP contribution in [0.2, 0.25) is 0 Å². The van der Waals surface area contributed by atoms with Crippen molar-refractivity contribution in [3.05, 3.63) is 53.9 Å². The van der Waals surface area contributed by atoms with Crippen molar-refractivity contribution in [1.29, 1.82) is 0 Å². The molecule has 1 aromatic heterocycles. The Balaban J connectivity index is 1.57. The second kappa shape index (κ2) is 10.5. The zero-order valence-electron chi connectivity index (χ0n) is 18.2. The van der Waals surface area contributed by atoms with E-state index >= 15 is 0 Å². The molecule has 7 nitrogen and oxygen atoms in total. The summed E-state index contributed by atoms with van der Waals surface area (Å²) in [6.45, 7) is 7.20. The summed E-state index contributed by atoms with van der Waals surface area (Å²) < 4.78 is 12.9. The van der Waals surface area contributed by atoms with Crippen molar-refractivity contribution >= 4 is 17.0 Å². The Morgan fingerprint density at radius 1 is 1.07 bits per heavy atom. The molecule has 0 fully saturated rings. The lowest BCUT2D eigenvalue weighted by Crippen LogP contribution is -2.39. The molecule has 0 radical (unpaired) electrons. The van der Waals surface area contributed by atoms with Gasteiger partial charge in [-0.05, 0) is 50.1 Å². The summed E-state index contributed by atoms with van der Waals surface area (Å²) in [5.41, 5.74) is 3.35. The highest BCUT2D eigenvalue weighted by molar-refractivity contribution is 5.79. The highest BCUT2D eigenvalue weighted by Crippen LogP contribution is 2.27. The van der Waals surface area contributed by atoms with Crippen molar-refractivity contribution in [1.82, 2.24) is 20.2 Å². The Morgan fingerprint density at radius 2 is 1.87 bits per heavy atom. The molecular weight excluding hydrogens is 378 g/mol. The predicted octanol–water partition coefficient (Wildman–Crippen LogP) is 3.16. The predicted molar refractivity (Wildman–Crippen MR) is 122 cm³/mol. The second-order valence-corrected chi connectivity index (χ2v) is 6.93. The fourth-order valence-electron chi connectivity index (χ4n) is 3.44. The number of aliphatic imine (C=N–C) groups is 1. The number of imidazole rings is 1. The Bertz CT molecular complexity index is 996. The molecule has 0 aliphatic heterocycles. The van der Waals surface area contributed by atoms with Gasteiger partial charge < -0.3 is 24.7 Å². The third-order valence-electron chi connectivity index (χ3n) is 4.94. The molecule has 2 N–H and O–H groups in total. The van der Waals surface area contributed by atoms with Crippen molar-refractivity contribution in [2.45, 2.75) is 26.8 Å². The summed E-state index contributed by atoms with van der Waals surface area (Å²) in [4.78, 5) is 9.33. The molecule has 1 heterocycles. The molecule has 0 atom stereocenters. The fourth-order valence-corrected chi connectivity index (χ4v) is 3.44. The molecule has 0 saturated carbocycles. The first-order valence-electron chi connectivity index (χ1n) is 10.3. The van der Waals surface area contributed by atoms with Gasteiger partial charge in [-0.25, -0.2) is 4.98 Å². The Hall–Kier alpha value is -3.22. The molecular formula is C23H31N5O2. The minimum atomic E-state index is 0.678. The third kappa shape index (κ3) is 5.23. The van der Waals surface area contributed by atoms with Crippen LogP contribution in [-0.2, 0) is 13.0 Å². The van der Waals surface area contributed by atoms with E-state index in [1.807, 2.05) is 43.3 Å². The number of ether oxygens (including phenoxy) is 2. The molecule has 0 aliphatic carbocycles. The number of nitrogens with one attached hydrogen (secondary N) is 2. The molecule has 0 amide bonds. The molecule has 7 heteroatoms. The first-order valence-corrected chi connectivity index (χ1v) is 10.3. The van der Waals surface area contributed by atoms with E-state index in [4.69, 9.17) is 14.5 Å². The standard InChI is InChI=1S/C23H31N5O2/c1-5-24-23(25-13-12-18-10-11-21(29-3)22(16-18)30-4)26-14-15-28-17(2)27-19-8-6-7-9-20(19)28/h6-11,16H,5,12-15H2,1-4H3,(H2,24,25,26). The molecule has 160 valence electrons. The number of hydrogen-bond acceptors (Lipinski definition) is 4. The van der Waals surface area contributed by atoms with E-state index in [0.29, 0.717) is 6.54 Å².